The summed E-state index contributed by atoms with van der Waals surface area (Å²) in [6.07, 6.45) is 1.23. The van der Waals surface area contributed by atoms with Crippen molar-refractivity contribution in [2.45, 2.75) is 39.7 Å². The van der Waals surface area contributed by atoms with Crippen LogP contribution in [0.1, 0.15) is 39.7 Å². The first-order valence-corrected chi connectivity index (χ1v) is 6.76. The largest absolute Gasteiger partial charge is 0.308 e. The molecule has 90 valence electrons. The third-order valence-electron chi connectivity index (χ3n) is 3.16. The Hall–Kier alpha value is -0.340. The van der Waals surface area contributed by atoms with Crippen LogP contribution in [-0.2, 0) is 5.54 Å². The van der Waals surface area contributed by atoms with Gasteiger partial charge in [-0.2, -0.15) is 0 Å². The molecule has 16 heavy (non-hydrogen) atoms. The van der Waals surface area contributed by atoms with Crippen LogP contribution in [0.25, 0.3) is 0 Å². The molecule has 1 aromatic rings. The molecule has 0 saturated heterocycles. The van der Waals surface area contributed by atoms with Gasteiger partial charge in [0, 0.05) is 10.0 Å². The lowest BCUT2D eigenvalue weighted by Crippen LogP contribution is -2.39. The molecule has 0 radical (unpaired) electrons. The first-order chi connectivity index (χ1) is 7.45. The number of benzene rings is 1. The Kier molecular flexibility index (Phi) is 5.00. The molecule has 0 saturated carbocycles. The van der Waals surface area contributed by atoms with Crippen LogP contribution in [0.2, 0.25) is 0 Å². The van der Waals surface area contributed by atoms with Crippen molar-refractivity contribution < 1.29 is 0 Å². The van der Waals surface area contributed by atoms with Gasteiger partial charge in [0.2, 0.25) is 0 Å². The van der Waals surface area contributed by atoms with Gasteiger partial charge in [0.15, 0.2) is 0 Å². The topological polar surface area (TPSA) is 12.0 Å². The molecule has 0 fully saturated rings. The molecule has 1 nitrogen and oxygen atoms in total. The Morgan fingerprint density at radius 1 is 1.25 bits per heavy atom. The second kappa shape index (κ2) is 5.83. The van der Waals surface area contributed by atoms with Gasteiger partial charge in [-0.15, -0.1) is 0 Å². The molecule has 1 unspecified atom stereocenters. The summed E-state index contributed by atoms with van der Waals surface area (Å²) in [5.74, 6) is 0.731. The normalized spacial score (nSPS) is 13.8. The standard InChI is InChI=1S/C14H22BrN/c1-5-11(2)10-16-14(3,4)12-6-8-13(15)9-7-12/h6-9,11,16H,5,10H2,1-4H3. The molecule has 1 atom stereocenters. The van der Waals surface area contributed by atoms with E-state index in [9.17, 15) is 0 Å². The van der Waals surface area contributed by atoms with E-state index in [-0.39, 0.29) is 5.54 Å². The summed E-state index contributed by atoms with van der Waals surface area (Å²) in [5, 5.41) is 3.63. The van der Waals surface area contributed by atoms with E-state index in [4.69, 9.17) is 0 Å². The molecule has 0 aliphatic carbocycles. The number of rotatable bonds is 5. The lowest BCUT2D eigenvalue weighted by atomic mass is 9.93. The van der Waals surface area contributed by atoms with Gasteiger partial charge < -0.3 is 5.32 Å². The minimum absolute atomic E-state index is 0.0458. The van der Waals surface area contributed by atoms with Gasteiger partial charge in [-0.05, 0) is 44.0 Å². The van der Waals surface area contributed by atoms with E-state index in [1.54, 1.807) is 0 Å². The molecular weight excluding hydrogens is 262 g/mol. The SMILES string of the molecule is CCC(C)CNC(C)(C)c1ccc(Br)cc1. The Morgan fingerprint density at radius 2 is 1.81 bits per heavy atom. The predicted molar refractivity (Wildman–Crippen MR) is 74.6 cm³/mol. The fourth-order valence-electron chi connectivity index (χ4n) is 1.54. The summed E-state index contributed by atoms with van der Waals surface area (Å²) >= 11 is 3.47. The van der Waals surface area contributed by atoms with Crippen molar-refractivity contribution in [1.82, 2.24) is 5.32 Å². The summed E-state index contributed by atoms with van der Waals surface area (Å²) < 4.78 is 1.13. The zero-order valence-electron chi connectivity index (χ0n) is 10.7. The predicted octanol–water partition coefficient (Wildman–Crippen LogP) is 4.32. The van der Waals surface area contributed by atoms with Crippen LogP contribution in [-0.4, -0.2) is 6.54 Å². The monoisotopic (exact) mass is 283 g/mol. The molecule has 2 heteroatoms. The van der Waals surface area contributed by atoms with Gasteiger partial charge in [-0.1, -0.05) is 48.3 Å². The van der Waals surface area contributed by atoms with Crippen molar-refractivity contribution in [3.63, 3.8) is 0 Å². The van der Waals surface area contributed by atoms with Crippen molar-refractivity contribution in [3.8, 4) is 0 Å². The second-order valence-corrected chi connectivity index (χ2v) is 5.94. The molecular formula is C14H22BrN. The molecule has 0 spiro atoms. The van der Waals surface area contributed by atoms with E-state index >= 15 is 0 Å². The van der Waals surface area contributed by atoms with Gasteiger partial charge in [0.25, 0.3) is 0 Å². The molecule has 0 heterocycles. The number of hydrogen-bond acceptors (Lipinski definition) is 1. The smallest absolute Gasteiger partial charge is 0.0377 e. The molecule has 0 aliphatic heterocycles. The van der Waals surface area contributed by atoms with Crippen LogP contribution in [0.5, 0.6) is 0 Å². The zero-order chi connectivity index (χ0) is 12.2. The first kappa shape index (κ1) is 13.7. The highest BCUT2D eigenvalue weighted by molar-refractivity contribution is 9.10. The minimum Gasteiger partial charge on any atom is -0.308 e. The van der Waals surface area contributed by atoms with Crippen molar-refractivity contribution in [1.29, 1.82) is 0 Å². The third-order valence-corrected chi connectivity index (χ3v) is 3.68. The summed E-state index contributed by atoms with van der Waals surface area (Å²) in [6, 6.07) is 8.55. The van der Waals surface area contributed by atoms with Gasteiger partial charge in [-0.25, -0.2) is 0 Å². The van der Waals surface area contributed by atoms with E-state index in [2.05, 4.69) is 73.2 Å². The van der Waals surface area contributed by atoms with Gasteiger partial charge in [0.05, 0.1) is 0 Å². The molecule has 0 bridgehead atoms. The van der Waals surface area contributed by atoms with Gasteiger partial charge >= 0.3 is 0 Å². The van der Waals surface area contributed by atoms with E-state index in [1.165, 1.54) is 12.0 Å². The van der Waals surface area contributed by atoms with E-state index in [1.807, 2.05) is 0 Å². The number of hydrogen-bond donors (Lipinski definition) is 1. The zero-order valence-corrected chi connectivity index (χ0v) is 12.3. The van der Waals surface area contributed by atoms with Crippen molar-refractivity contribution in [3.05, 3.63) is 34.3 Å². The molecule has 1 N–H and O–H groups in total. The molecule has 0 amide bonds. The first-order valence-electron chi connectivity index (χ1n) is 5.96. The van der Waals surface area contributed by atoms with Gasteiger partial charge in [-0.3, -0.25) is 0 Å². The fraction of sp³-hybridized carbons (Fsp3) is 0.571. The Balaban J connectivity index is 2.66. The maximum absolute atomic E-state index is 3.63. The molecule has 0 aromatic heterocycles. The molecule has 0 aliphatic rings. The van der Waals surface area contributed by atoms with Crippen LogP contribution >= 0.6 is 15.9 Å². The van der Waals surface area contributed by atoms with Crippen LogP contribution < -0.4 is 5.32 Å². The van der Waals surface area contributed by atoms with E-state index in [0.29, 0.717) is 0 Å². The average Bonchev–Trinajstić information content (AvgIpc) is 2.26. The summed E-state index contributed by atoms with van der Waals surface area (Å²) in [5.41, 5.74) is 1.38. The van der Waals surface area contributed by atoms with Gasteiger partial charge in [0.1, 0.15) is 0 Å². The summed E-state index contributed by atoms with van der Waals surface area (Å²) in [6.45, 7) is 10.1. The molecule has 1 rings (SSSR count). The highest BCUT2D eigenvalue weighted by atomic mass is 79.9. The van der Waals surface area contributed by atoms with Crippen molar-refractivity contribution in [2.75, 3.05) is 6.54 Å². The van der Waals surface area contributed by atoms with E-state index < -0.39 is 0 Å². The fourth-order valence-corrected chi connectivity index (χ4v) is 1.81. The lowest BCUT2D eigenvalue weighted by molar-refractivity contribution is 0.361. The Morgan fingerprint density at radius 3 is 2.31 bits per heavy atom. The van der Waals surface area contributed by atoms with Crippen LogP contribution in [0.15, 0.2) is 28.7 Å². The average molecular weight is 284 g/mol. The second-order valence-electron chi connectivity index (χ2n) is 5.03. The van der Waals surface area contributed by atoms with E-state index in [0.717, 1.165) is 16.9 Å². The summed E-state index contributed by atoms with van der Waals surface area (Å²) in [7, 11) is 0. The molecule has 1 aromatic carbocycles. The maximum Gasteiger partial charge on any atom is 0.0377 e. The third kappa shape index (κ3) is 3.91. The van der Waals surface area contributed by atoms with Crippen LogP contribution in [0, 0.1) is 5.92 Å². The Labute approximate surface area is 108 Å². The lowest BCUT2D eigenvalue weighted by Gasteiger charge is -2.28. The maximum atomic E-state index is 3.63. The number of halogens is 1. The minimum atomic E-state index is 0.0458. The van der Waals surface area contributed by atoms with Crippen molar-refractivity contribution in [2.24, 2.45) is 5.92 Å². The van der Waals surface area contributed by atoms with Crippen LogP contribution in [0.3, 0.4) is 0 Å². The van der Waals surface area contributed by atoms with Crippen molar-refractivity contribution >= 4 is 15.9 Å². The number of nitrogens with one attached hydrogen (secondary N) is 1. The quantitative estimate of drug-likeness (QED) is 0.849. The highest BCUT2D eigenvalue weighted by Gasteiger charge is 2.19. The highest BCUT2D eigenvalue weighted by Crippen LogP contribution is 2.22. The summed E-state index contributed by atoms with van der Waals surface area (Å²) in [4.78, 5) is 0. The van der Waals surface area contributed by atoms with Crippen LogP contribution in [0.4, 0.5) is 0 Å². The Bertz CT molecular complexity index is 316.